The standard InChI is InChI=1S/C18H17BrN2O4/c19-13-5-7-14(8-6-13)20-10-9-18(16(22)23)11-12-3-1-2-4-15(12)21(18)17(24)25/h1-8,20H,9-11H2,(H,22,23)(H,24,25). The Labute approximate surface area is 153 Å². The molecule has 0 bridgehead atoms. The number of rotatable bonds is 5. The summed E-state index contributed by atoms with van der Waals surface area (Å²) in [5.41, 5.74) is 0.524. The van der Waals surface area contributed by atoms with Gasteiger partial charge in [0, 0.05) is 23.1 Å². The Morgan fingerprint density at radius 1 is 1.12 bits per heavy atom. The molecule has 0 aromatic heterocycles. The first-order valence-electron chi connectivity index (χ1n) is 7.78. The highest BCUT2D eigenvalue weighted by Gasteiger charge is 2.52. The number of hydrogen-bond acceptors (Lipinski definition) is 3. The second-order valence-corrected chi connectivity index (χ2v) is 6.86. The van der Waals surface area contributed by atoms with Crippen LogP contribution in [-0.4, -0.2) is 34.4 Å². The van der Waals surface area contributed by atoms with Crippen LogP contribution < -0.4 is 10.2 Å². The van der Waals surface area contributed by atoms with Crippen LogP contribution in [0.15, 0.2) is 53.0 Å². The second kappa shape index (κ2) is 6.76. The second-order valence-electron chi connectivity index (χ2n) is 5.94. The number of nitrogens with zero attached hydrogens (tertiary/aromatic N) is 1. The highest BCUT2D eigenvalue weighted by atomic mass is 79.9. The van der Waals surface area contributed by atoms with Crippen molar-refractivity contribution in [3.8, 4) is 0 Å². The molecule has 1 aliphatic rings. The van der Waals surface area contributed by atoms with Gasteiger partial charge in [0.05, 0.1) is 5.69 Å². The van der Waals surface area contributed by atoms with Gasteiger partial charge in [0.1, 0.15) is 0 Å². The predicted octanol–water partition coefficient (Wildman–Crippen LogP) is 3.82. The third-order valence-electron chi connectivity index (χ3n) is 4.44. The first-order valence-corrected chi connectivity index (χ1v) is 8.57. The molecule has 3 N–H and O–H groups in total. The average Bonchev–Trinajstić information content (AvgIpc) is 2.92. The number of anilines is 2. The van der Waals surface area contributed by atoms with Crippen LogP contribution in [0, 0.1) is 0 Å². The molecule has 7 heteroatoms. The van der Waals surface area contributed by atoms with Crippen LogP contribution in [0.25, 0.3) is 0 Å². The smallest absolute Gasteiger partial charge is 0.412 e. The van der Waals surface area contributed by atoms with Gasteiger partial charge < -0.3 is 15.5 Å². The molecule has 0 spiro atoms. The fraction of sp³-hybridized carbons (Fsp3) is 0.222. The molecule has 25 heavy (non-hydrogen) atoms. The summed E-state index contributed by atoms with van der Waals surface area (Å²) in [5.74, 6) is -1.14. The van der Waals surface area contributed by atoms with Crippen molar-refractivity contribution in [2.45, 2.75) is 18.4 Å². The third-order valence-corrected chi connectivity index (χ3v) is 4.97. The zero-order valence-electron chi connectivity index (χ0n) is 13.3. The minimum Gasteiger partial charge on any atom is -0.479 e. The van der Waals surface area contributed by atoms with Gasteiger partial charge in [-0.2, -0.15) is 0 Å². The van der Waals surface area contributed by atoms with Crippen LogP contribution in [0.5, 0.6) is 0 Å². The molecular formula is C18H17BrN2O4. The monoisotopic (exact) mass is 404 g/mol. The van der Waals surface area contributed by atoms with Crippen molar-refractivity contribution in [2.24, 2.45) is 0 Å². The van der Waals surface area contributed by atoms with E-state index in [1.54, 1.807) is 24.3 Å². The van der Waals surface area contributed by atoms with Crippen molar-refractivity contribution in [1.82, 2.24) is 0 Å². The topological polar surface area (TPSA) is 89.9 Å². The van der Waals surface area contributed by atoms with Gasteiger partial charge in [-0.05, 0) is 42.3 Å². The number of para-hydroxylation sites is 1. The van der Waals surface area contributed by atoms with Crippen LogP contribution in [0.4, 0.5) is 16.2 Å². The van der Waals surface area contributed by atoms with E-state index in [1.807, 2.05) is 24.3 Å². The van der Waals surface area contributed by atoms with Crippen molar-refractivity contribution >= 4 is 39.4 Å². The van der Waals surface area contributed by atoms with Crippen molar-refractivity contribution in [3.05, 3.63) is 58.6 Å². The maximum atomic E-state index is 12.1. The number of aliphatic carboxylic acids is 1. The number of carboxylic acids is 1. The Balaban J connectivity index is 1.83. The third kappa shape index (κ3) is 3.19. The summed E-state index contributed by atoms with van der Waals surface area (Å²) in [5, 5.41) is 22.6. The number of amides is 1. The minimum atomic E-state index is -1.50. The average molecular weight is 405 g/mol. The normalized spacial score (nSPS) is 18.7. The van der Waals surface area contributed by atoms with Gasteiger partial charge in [0.2, 0.25) is 0 Å². The van der Waals surface area contributed by atoms with Crippen molar-refractivity contribution in [1.29, 1.82) is 0 Å². The Bertz CT molecular complexity index is 809. The molecule has 2 aromatic rings. The number of halogens is 1. The summed E-state index contributed by atoms with van der Waals surface area (Å²) in [4.78, 5) is 24.8. The molecule has 1 unspecified atom stereocenters. The van der Waals surface area contributed by atoms with Gasteiger partial charge in [-0.3, -0.25) is 4.90 Å². The SMILES string of the molecule is O=C(O)N1c2ccccc2CC1(CCNc1ccc(Br)cc1)C(=O)O. The van der Waals surface area contributed by atoms with Gasteiger partial charge in [-0.1, -0.05) is 34.1 Å². The van der Waals surface area contributed by atoms with Crippen LogP contribution in [0.3, 0.4) is 0 Å². The first-order chi connectivity index (χ1) is 11.9. The van der Waals surface area contributed by atoms with E-state index in [-0.39, 0.29) is 12.8 Å². The van der Waals surface area contributed by atoms with Crippen molar-refractivity contribution in [3.63, 3.8) is 0 Å². The van der Waals surface area contributed by atoms with E-state index < -0.39 is 17.6 Å². The van der Waals surface area contributed by atoms with Crippen LogP contribution in [0.1, 0.15) is 12.0 Å². The highest BCUT2D eigenvalue weighted by molar-refractivity contribution is 9.10. The molecule has 6 nitrogen and oxygen atoms in total. The first kappa shape index (κ1) is 17.3. The molecule has 0 aliphatic carbocycles. The lowest BCUT2D eigenvalue weighted by molar-refractivity contribution is -0.143. The summed E-state index contributed by atoms with van der Waals surface area (Å²) in [6.45, 7) is 0.339. The van der Waals surface area contributed by atoms with Gasteiger partial charge in [0.25, 0.3) is 0 Å². The molecule has 0 radical (unpaired) electrons. The van der Waals surface area contributed by atoms with E-state index in [9.17, 15) is 19.8 Å². The lowest BCUT2D eigenvalue weighted by Gasteiger charge is -2.33. The van der Waals surface area contributed by atoms with Crippen LogP contribution >= 0.6 is 15.9 Å². The number of nitrogens with one attached hydrogen (secondary N) is 1. The molecular weight excluding hydrogens is 388 g/mol. The van der Waals surface area contributed by atoms with Gasteiger partial charge in [-0.25, -0.2) is 9.59 Å². The van der Waals surface area contributed by atoms with Gasteiger partial charge in [0.15, 0.2) is 5.54 Å². The molecule has 3 rings (SSSR count). The Hall–Kier alpha value is -2.54. The van der Waals surface area contributed by atoms with Gasteiger partial charge >= 0.3 is 12.1 Å². The Kier molecular flexibility index (Phi) is 4.67. The Morgan fingerprint density at radius 2 is 1.80 bits per heavy atom. The zero-order chi connectivity index (χ0) is 18.0. The molecule has 1 amide bonds. The predicted molar refractivity (Wildman–Crippen MR) is 98.3 cm³/mol. The van der Waals surface area contributed by atoms with Gasteiger partial charge in [-0.15, -0.1) is 0 Å². The molecule has 0 saturated carbocycles. The summed E-state index contributed by atoms with van der Waals surface area (Å²) in [6, 6.07) is 14.4. The number of hydrogen-bond donors (Lipinski definition) is 3. The molecule has 2 aromatic carbocycles. The van der Waals surface area contributed by atoms with E-state index in [1.165, 1.54) is 0 Å². The van der Waals surface area contributed by atoms with E-state index in [2.05, 4.69) is 21.2 Å². The number of fused-ring (bicyclic) bond motifs is 1. The minimum absolute atomic E-state index is 0.152. The highest BCUT2D eigenvalue weighted by Crippen LogP contribution is 2.41. The fourth-order valence-corrected chi connectivity index (χ4v) is 3.51. The van der Waals surface area contributed by atoms with Crippen LogP contribution in [0.2, 0.25) is 0 Å². The number of carbonyl (C=O) groups is 2. The summed E-state index contributed by atoms with van der Waals surface area (Å²) < 4.78 is 0.948. The summed E-state index contributed by atoms with van der Waals surface area (Å²) >= 11 is 3.36. The number of carboxylic acid groups (broad SMARTS) is 2. The molecule has 1 atom stereocenters. The van der Waals surface area contributed by atoms with Crippen molar-refractivity contribution < 1.29 is 19.8 Å². The molecule has 0 fully saturated rings. The van der Waals surface area contributed by atoms with E-state index in [4.69, 9.17) is 0 Å². The quantitative estimate of drug-likeness (QED) is 0.704. The van der Waals surface area contributed by atoms with Crippen LogP contribution in [-0.2, 0) is 11.2 Å². The lowest BCUT2D eigenvalue weighted by Crippen LogP contribution is -2.56. The van der Waals surface area contributed by atoms with Crippen molar-refractivity contribution in [2.75, 3.05) is 16.8 Å². The number of benzene rings is 2. The fourth-order valence-electron chi connectivity index (χ4n) is 3.25. The molecule has 130 valence electrons. The molecule has 1 aliphatic heterocycles. The van der Waals surface area contributed by atoms with E-state index >= 15 is 0 Å². The zero-order valence-corrected chi connectivity index (χ0v) is 14.9. The summed E-state index contributed by atoms with van der Waals surface area (Å²) in [7, 11) is 0. The van der Waals surface area contributed by atoms with E-state index in [0.717, 1.165) is 20.6 Å². The molecule has 0 saturated heterocycles. The van der Waals surface area contributed by atoms with E-state index in [0.29, 0.717) is 12.2 Å². The largest absolute Gasteiger partial charge is 0.479 e. The lowest BCUT2D eigenvalue weighted by atomic mass is 9.90. The summed E-state index contributed by atoms with van der Waals surface area (Å²) in [6.07, 6.45) is -0.942. The maximum Gasteiger partial charge on any atom is 0.412 e. The Morgan fingerprint density at radius 3 is 2.44 bits per heavy atom. The molecule has 1 heterocycles. The maximum absolute atomic E-state index is 12.1.